The molecule has 35 heavy (non-hydrogen) atoms. The molecule has 0 radical (unpaired) electrons. The van der Waals surface area contributed by atoms with Gasteiger partial charge in [0.05, 0.1) is 23.4 Å². The number of aryl methyl sites for hydroxylation is 2. The van der Waals surface area contributed by atoms with E-state index < -0.39 is 24.2 Å². The Bertz CT molecular complexity index is 1360. The molecule has 3 aromatic carbocycles. The molecule has 4 rings (SSSR count). The normalized spacial score (nSPS) is 13.5. The van der Waals surface area contributed by atoms with Crippen molar-refractivity contribution in [1.29, 1.82) is 0 Å². The third-order valence-corrected chi connectivity index (χ3v) is 5.68. The van der Waals surface area contributed by atoms with Crippen molar-refractivity contribution in [1.82, 2.24) is 15.1 Å². The molecule has 0 aliphatic rings. The molecule has 2 unspecified atom stereocenters. The topological polar surface area (TPSA) is 56.1 Å². The number of carbonyl (C=O) groups excluding carboxylic acids is 1. The molecule has 0 fully saturated rings. The zero-order chi connectivity index (χ0) is 25.3. The molecular weight excluding hydrogens is 462 g/mol. The van der Waals surface area contributed by atoms with Gasteiger partial charge in [-0.05, 0) is 74.4 Å². The summed E-state index contributed by atoms with van der Waals surface area (Å²) in [5.74, 6) is -1.99. The monoisotopic (exact) mass is 485 g/mol. The molecule has 1 N–H and O–H groups in total. The SMILES string of the molecule is Cc1ccc(C(Oc2ccc3c(cnn3-c3ccc(F)cc3)c2)C(C)NC(=O)C(F)(F)F)c(C)c1. The van der Waals surface area contributed by atoms with Crippen LogP contribution in [0, 0.1) is 19.7 Å². The van der Waals surface area contributed by atoms with Crippen molar-refractivity contribution < 1.29 is 27.1 Å². The number of rotatable bonds is 6. The van der Waals surface area contributed by atoms with Gasteiger partial charge in [-0.3, -0.25) is 4.79 Å². The van der Waals surface area contributed by atoms with E-state index in [1.807, 2.05) is 31.3 Å². The van der Waals surface area contributed by atoms with Crippen molar-refractivity contribution in [2.24, 2.45) is 0 Å². The fourth-order valence-corrected chi connectivity index (χ4v) is 3.96. The van der Waals surface area contributed by atoms with Crippen LogP contribution in [0.5, 0.6) is 5.75 Å². The fourth-order valence-electron chi connectivity index (χ4n) is 3.96. The number of benzene rings is 3. The smallest absolute Gasteiger partial charge is 0.471 e. The maximum absolute atomic E-state index is 13.3. The number of amides is 1. The summed E-state index contributed by atoms with van der Waals surface area (Å²) in [6.45, 7) is 5.22. The van der Waals surface area contributed by atoms with E-state index in [0.29, 0.717) is 17.0 Å². The van der Waals surface area contributed by atoms with E-state index in [1.165, 1.54) is 19.1 Å². The number of aromatic nitrogens is 2. The average Bonchev–Trinajstić information content (AvgIpc) is 3.21. The summed E-state index contributed by atoms with van der Waals surface area (Å²) in [4.78, 5) is 11.6. The Labute approximate surface area is 199 Å². The number of fused-ring (bicyclic) bond motifs is 1. The minimum absolute atomic E-state index is 0.356. The highest BCUT2D eigenvalue weighted by molar-refractivity contribution is 5.82. The Kier molecular flexibility index (Phi) is 6.51. The lowest BCUT2D eigenvalue weighted by Gasteiger charge is -2.28. The van der Waals surface area contributed by atoms with E-state index >= 15 is 0 Å². The summed E-state index contributed by atoms with van der Waals surface area (Å²) in [5, 5.41) is 7.09. The van der Waals surface area contributed by atoms with E-state index in [4.69, 9.17) is 4.74 Å². The lowest BCUT2D eigenvalue weighted by Crippen LogP contribution is -2.45. The van der Waals surface area contributed by atoms with Crippen molar-refractivity contribution in [3.05, 3.63) is 89.4 Å². The van der Waals surface area contributed by atoms with Crippen LogP contribution in [0.25, 0.3) is 16.6 Å². The number of halogens is 4. The molecule has 5 nitrogen and oxygen atoms in total. The number of ether oxygens (including phenoxy) is 1. The first-order valence-corrected chi connectivity index (χ1v) is 10.9. The van der Waals surface area contributed by atoms with Gasteiger partial charge in [-0.1, -0.05) is 23.8 Å². The molecule has 2 atom stereocenters. The molecule has 0 bridgehead atoms. The number of hydrogen-bond donors (Lipinski definition) is 1. The summed E-state index contributed by atoms with van der Waals surface area (Å²) >= 11 is 0. The molecule has 1 amide bonds. The Morgan fingerprint density at radius 3 is 2.40 bits per heavy atom. The third-order valence-electron chi connectivity index (χ3n) is 5.68. The van der Waals surface area contributed by atoms with Gasteiger partial charge in [-0.2, -0.15) is 18.3 Å². The number of carbonyl (C=O) groups is 1. The molecular formula is C26H23F4N3O2. The van der Waals surface area contributed by atoms with Crippen molar-refractivity contribution >= 4 is 16.8 Å². The van der Waals surface area contributed by atoms with Crippen LogP contribution >= 0.6 is 0 Å². The molecule has 0 saturated heterocycles. The van der Waals surface area contributed by atoms with Crippen LogP contribution in [0.3, 0.4) is 0 Å². The van der Waals surface area contributed by atoms with Gasteiger partial charge in [-0.15, -0.1) is 0 Å². The summed E-state index contributed by atoms with van der Waals surface area (Å²) in [7, 11) is 0. The van der Waals surface area contributed by atoms with Gasteiger partial charge < -0.3 is 10.1 Å². The van der Waals surface area contributed by atoms with Gasteiger partial charge in [0.1, 0.15) is 17.7 Å². The predicted octanol–water partition coefficient (Wildman–Crippen LogP) is 5.97. The van der Waals surface area contributed by atoms with E-state index in [9.17, 15) is 22.4 Å². The zero-order valence-electron chi connectivity index (χ0n) is 19.2. The molecule has 9 heteroatoms. The zero-order valence-corrected chi connectivity index (χ0v) is 19.2. The van der Waals surface area contributed by atoms with Gasteiger partial charge in [0, 0.05) is 5.39 Å². The standard InChI is InChI=1S/C26H23F4N3O2/c1-15-4-10-22(16(2)12-15)24(17(3)32-25(34)26(28,29)30)35-21-9-11-23-18(13-21)14-31-33(23)20-7-5-19(27)6-8-20/h4-14,17,24H,1-3H3,(H,32,34). The second kappa shape index (κ2) is 9.40. The van der Waals surface area contributed by atoms with Gasteiger partial charge >= 0.3 is 12.1 Å². The Balaban J connectivity index is 1.67. The van der Waals surface area contributed by atoms with Crippen LogP contribution in [0.2, 0.25) is 0 Å². The number of hydrogen-bond acceptors (Lipinski definition) is 3. The summed E-state index contributed by atoms with van der Waals surface area (Å²) in [5.41, 5.74) is 3.89. The Morgan fingerprint density at radius 2 is 1.74 bits per heavy atom. The van der Waals surface area contributed by atoms with E-state index in [2.05, 4.69) is 5.10 Å². The first kappa shape index (κ1) is 24.3. The van der Waals surface area contributed by atoms with Crippen molar-refractivity contribution in [2.75, 3.05) is 0 Å². The Morgan fingerprint density at radius 1 is 1.03 bits per heavy atom. The molecule has 0 aliphatic carbocycles. The van der Waals surface area contributed by atoms with Crippen molar-refractivity contribution in [2.45, 2.75) is 39.1 Å². The fraction of sp³-hybridized carbons (Fsp3) is 0.231. The van der Waals surface area contributed by atoms with Crippen molar-refractivity contribution in [3.63, 3.8) is 0 Å². The molecule has 1 heterocycles. The minimum Gasteiger partial charge on any atom is -0.484 e. The predicted molar refractivity (Wildman–Crippen MR) is 124 cm³/mol. The Hall–Kier alpha value is -3.88. The average molecular weight is 485 g/mol. The number of alkyl halides is 3. The van der Waals surface area contributed by atoms with E-state index in [-0.39, 0.29) is 5.82 Å². The molecule has 1 aromatic heterocycles. The molecule has 0 aliphatic heterocycles. The summed E-state index contributed by atoms with van der Waals surface area (Å²) in [6.07, 6.45) is -4.27. The number of nitrogens with zero attached hydrogens (tertiary/aromatic N) is 2. The van der Waals surface area contributed by atoms with E-state index in [0.717, 1.165) is 22.0 Å². The maximum atomic E-state index is 13.3. The summed E-state index contributed by atoms with van der Waals surface area (Å²) < 4.78 is 59.8. The third kappa shape index (κ3) is 5.29. The summed E-state index contributed by atoms with van der Waals surface area (Å²) in [6, 6.07) is 15.6. The van der Waals surface area contributed by atoms with Crippen LogP contribution in [0.4, 0.5) is 17.6 Å². The molecule has 4 aromatic rings. The van der Waals surface area contributed by atoms with Gasteiger partial charge in [0.25, 0.3) is 0 Å². The first-order chi connectivity index (χ1) is 16.5. The largest absolute Gasteiger partial charge is 0.484 e. The van der Waals surface area contributed by atoms with Crippen LogP contribution in [0.1, 0.15) is 29.7 Å². The highest BCUT2D eigenvalue weighted by Gasteiger charge is 2.40. The first-order valence-electron chi connectivity index (χ1n) is 10.9. The van der Waals surface area contributed by atoms with Gasteiger partial charge in [-0.25, -0.2) is 9.07 Å². The highest BCUT2D eigenvalue weighted by atomic mass is 19.4. The minimum atomic E-state index is -5.00. The van der Waals surface area contributed by atoms with Gasteiger partial charge in [0.15, 0.2) is 0 Å². The number of nitrogens with one attached hydrogen (secondary N) is 1. The lowest BCUT2D eigenvalue weighted by atomic mass is 9.96. The maximum Gasteiger partial charge on any atom is 0.471 e. The molecule has 182 valence electrons. The lowest BCUT2D eigenvalue weighted by molar-refractivity contribution is -0.174. The molecule has 0 saturated carbocycles. The second-order valence-electron chi connectivity index (χ2n) is 8.41. The van der Waals surface area contributed by atoms with Crippen LogP contribution < -0.4 is 10.1 Å². The highest BCUT2D eigenvalue weighted by Crippen LogP contribution is 2.31. The quantitative estimate of drug-likeness (QED) is 0.343. The molecule has 0 spiro atoms. The van der Waals surface area contributed by atoms with Gasteiger partial charge in [0.2, 0.25) is 0 Å². The van der Waals surface area contributed by atoms with E-state index in [1.54, 1.807) is 47.3 Å². The van der Waals surface area contributed by atoms with Crippen LogP contribution in [-0.2, 0) is 4.79 Å². The van der Waals surface area contributed by atoms with Crippen molar-refractivity contribution in [3.8, 4) is 11.4 Å². The second-order valence-corrected chi connectivity index (χ2v) is 8.41. The van der Waals surface area contributed by atoms with Crippen LogP contribution in [-0.4, -0.2) is 27.9 Å². The van der Waals surface area contributed by atoms with Crippen LogP contribution in [0.15, 0.2) is 66.9 Å².